The third kappa shape index (κ3) is 6.05. The van der Waals surface area contributed by atoms with Crippen LogP contribution in [0.4, 0.5) is 10.1 Å². The first kappa shape index (κ1) is 30.2. The van der Waals surface area contributed by atoms with Crippen molar-refractivity contribution in [3.63, 3.8) is 0 Å². The van der Waals surface area contributed by atoms with Crippen LogP contribution in [0.5, 0.6) is 0 Å². The van der Waals surface area contributed by atoms with Crippen LogP contribution >= 0.6 is 23.1 Å². The molecule has 0 radical (unpaired) electrons. The Labute approximate surface area is 273 Å². The van der Waals surface area contributed by atoms with Crippen LogP contribution in [-0.4, -0.2) is 90.5 Å². The molecule has 0 bridgehead atoms. The van der Waals surface area contributed by atoms with Gasteiger partial charge in [-0.2, -0.15) is 5.10 Å². The number of carbonyl (C=O) groups is 2. The molecule has 13 heteroatoms. The molecular formula is C33H31FN8O2S2. The Bertz CT molecular complexity index is 1930. The van der Waals surface area contributed by atoms with Gasteiger partial charge in [0, 0.05) is 61.4 Å². The lowest BCUT2D eigenvalue weighted by atomic mass is 10.1. The molecule has 1 fully saturated rings. The van der Waals surface area contributed by atoms with Gasteiger partial charge in [0.25, 0.3) is 0 Å². The van der Waals surface area contributed by atoms with Gasteiger partial charge in [0.1, 0.15) is 15.6 Å². The number of fused-ring (bicyclic) bond motifs is 1. The van der Waals surface area contributed by atoms with E-state index in [0.29, 0.717) is 49.8 Å². The summed E-state index contributed by atoms with van der Waals surface area (Å²) >= 11 is 3.08. The maximum absolute atomic E-state index is 13.7. The average molecular weight is 655 g/mol. The first-order valence-electron chi connectivity index (χ1n) is 14.9. The molecular weight excluding hydrogens is 624 g/mol. The van der Waals surface area contributed by atoms with Gasteiger partial charge in [0.2, 0.25) is 11.8 Å². The van der Waals surface area contributed by atoms with Crippen molar-refractivity contribution in [1.82, 2.24) is 34.9 Å². The molecule has 0 spiro atoms. The molecule has 1 atom stereocenters. The summed E-state index contributed by atoms with van der Waals surface area (Å²) in [5.74, 6) is 0.322. The van der Waals surface area contributed by atoms with Crippen LogP contribution in [0.15, 0.2) is 73.2 Å². The number of rotatable bonds is 8. The van der Waals surface area contributed by atoms with Crippen molar-refractivity contribution in [3.8, 4) is 22.0 Å². The number of aromatic amines is 1. The van der Waals surface area contributed by atoms with Gasteiger partial charge in [0.05, 0.1) is 22.6 Å². The zero-order valence-corrected chi connectivity index (χ0v) is 26.7. The van der Waals surface area contributed by atoms with E-state index < -0.39 is 4.75 Å². The molecule has 5 heterocycles. The first-order chi connectivity index (χ1) is 22.4. The van der Waals surface area contributed by atoms with E-state index in [9.17, 15) is 14.0 Å². The van der Waals surface area contributed by atoms with Crippen molar-refractivity contribution < 1.29 is 14.0 Å². The van der Waals surface area contributed by atoms with Gasteiger partial charge in [0.15, 0.2) is 5.82 Å². The third-order valence-corrected chi connectivity index (χ3v) is 10.9. The zero-order valence-electron chi connectivity index (χ0n) is 25.1. The second kappa shape index (κ2) is 12.7. The molecule has 10 nitrogen and oxygen atoms in total. The van der Waals surface area contributed by atoms with Crippen molar-refractivity contribution >= 4 is 57.1 Å². The van der Waals surface area contributed by atoms with Crippen molar-refractivity contribution in [1.29, 1.82) is 0 Å². The van der Waals surface area contributed by atoms with Crippen molar-refractivity contribution in [2.75, 3.05) is 44.3 Å². The Morgan fingerprint density at radius 3 is 2.70 bits per heavy atom. The highest BCUT2D eigenvalue weighted by Gasteiger charge is 2.44. The zero-order chi connectivity index (χ0) is 31.7. The van der Waals surface area contributed by atoms with Crippen LogP contribution in [0.3, 0.4) is 0 Å². The highest BCUT2D eigenvalue weighted by Crippen LogP contribution is 2.36. The summed E-state index contributed by atoms with van der Waals surface area (Å²) in [5.41, 5.74) is 4.08. The Morgan fingerprint density at radius 2 is 1.93 bits per heavy atom. The predicted molar refractivity (Wildman–Crippen MR) is 180 cm³/mol. The van der Waals surface area contributed by atoms with E-state index in [4.69, 9.17) is 0 Å². The number of hydrogen-bond acceptors (Lipinski definition) is 9. The summed E-state index contributed by atoms with van der Waals surface area (Å²) in [7, 11) is 0. The summed E-state index contributed by atoms with van der Waals surface area (Å²) in [6.45, 7) is 2.57. The lowest BCUT2D eigenvalue weighted by molar-refractivity contribution is -0.132. The highest BCUT2D eigenvalue weighted by molar-refractivity contribution is 8.00. The fourth-order valence-electron chi connectivity index (χ4n) is 5.94. The number of nitrogens with zero attached hydrogens (tertiary/aromatic N) is 6. The second-order valence-electron chi connectivity index (χ2n) is 11.4. The number of H-pyrrole nitrogens is 1. The minimum absolute atomic E-state index is 0.0591. The Kier molecular flexibility index (Phi) is 8.36. The summed E-state index contributed by atoms with van der Waals surface area (Å²) in [4.78, 5) is 45.1. The molecule has 2 amide bonds. The lowest BCUT2D eigenvalue weighted by Gasteiger charge is -2.29. The number of nitrogens with one attached hydrogen (secondary N) is 2. The molecule has 2 N–H and O–H groups in total. The summed E-state index contributed by atoms with van der Waals surface area (Å²) < 4.78 is 12.8. The fourth-order valence-corrected chi connectivity index (χ4v) is 7.71. The Hall–Kier alpha value is -4.46. The van der Waals surface area contributed by atoms with Crippen molar-refractivity contribution in [2.45, 2.75) is 17.6 Å². The van der Waals surface area contributed by atoms with Crippen LogP contribution in [0, 0.1) is 5.82 Å². The Morgan fingerprint density at radius 1 is 1.11 bits per heavy atom. The number of halogens is 1. The van der Waals surface area contributed by atoms with E-state index in [1.165, 1.54) is 23.9 Å². The van der Waals surface area contributed by atoms with Crippen LogP contribution < -0.4 is 5.32 Å². The van der Waals surface area contributed by atoms with Gasteiger partial charge in [-0.1, -0.05) is 6.08 Å². The van der Waals surface area contributed by atoms with Crippen LogP contribution in [0.2, 0.25) is 0 Å². The molecule has 1 saturated heterocycles. The second-order valence-corrected chi connectivity index (χ2v) is 13.6. The maximum atomic E-state index is 13.7. The van der Waals surface area contributed by atoms with Crippen molar-refractivity contribution in [2.24, 2.45) is 0 Å². The summed E-state index contributed by atoms with van der Waals surface area (Å²) in [5, 5.41) is 12.3. The topological polar surface area (TPSA) is 120 Å². The molecule has 0 saturated carbocycles. The number of thiazole rings is 1. The first-order valence-corrected chi connectivity index (χ1v) is 17.0. The number of benzene rings is 2. The number of hydrogen-bond donors (Lipinski definition) is 2. The molecule has 2 aromatic carbocycles. The van der Waals surface area contributed by atoms with Crippen LogP contribution in [-0.2, 0) is 9.59 Å². The van der Waals surface area contributed by atoms with Crippen LogP contribution in [0.1, 0.15) is 17.8 Å². The third-order valence-electron chi connectivity index (χ3n) is 8.54. The number of amides is 2. The van der Waals surface area contributed by atoms with E-state index in [1.807, 2.05) is 29.4 Å². The SMILES string of the molecule is CS[C@@]1(C(=O)Nc2ccc3[nH]nc(-c4ccc(F)cc4)c3c2)CCN(CC(=O)N2CC=C(c3ncc(-c4ncccn4)s3)CC2)C1. The van der Waals surface area contributed by atoms with Crippen LogP contribution in [0.25, 0.3) is 38.4 Å². The molecule has 2 aliphatic heterocycles. The minimum Gasteiger partial charge on any atom is -0.338 e. The maximum Gasteiger partial charge on any atom is 0.241 e. The number of anilines is 1. The number of likely N-dealkylation sites (tertiary alicyclic amines) is 1. The highest BCUT2D eigenvalue weighted by atomic mass is 32.2. The normalized spacial score (nSPS) is 18.6. The molecule has 0 aliphatic carbocycles. The largest absolute Gasteiger partial charge is 0.338 e. The van der Waals surface area contributed by atoms with Gasteiger partial charge in [-0.3, -0.25) is 19.6 Å². The van der Waals surface area contributed by atoms with E-state index in [2.05, 4.69) is 41.4 Å². The summed E-state index contributed by atoms with van der Waals surface area (Å²) in [6.07, 6.45) is 10.6. The molecule has 3 aromatic heterocycles. The van der Waals surface area contributed by atoms with Crippen molar-refractivity contribution in [3.05, 3.63) is 84.0 Å². The number of thioether (sulfide) groups is 1. The quantitative estimate of drug-likeness (QED) is 0.230. The van der Waals surface area contributed by atoms with Gasteiger partial charge in [-0.05, 0) is 73.2 Å². The standard InChI is InChI=1S/C33H31FN8O2S2/c1-45-33(32(44)38-24-7-8-26-25(17-24)29(40-39-26)21-3-5-23(34)6-4-21)11-16-41(20-33)19-28(43)42-14-9-22(10-15-42)31-37-18-27(46-31)30-35-12-2-13-36-30/h2-9,12-13,17-18H,10-11,14-16,19-20H2,1H3,(H,38,44)(H,39,40)/t33-/m0/s1. The van der Waals surface area contributed by atoms with E-state index in [0.717, 1.165) is 38.3 Å². The molecule has 46 heavy (non-hydrogen) atoms. The molecule has 234 valence electrons. The van der Waals surface area contributed by atoms with Gasteiger partial charge >= 0.3 is 0 Å². The molecule has 2 aliphatic rings. The summed E-state index contributed by atoms with van der Waals surface area (Å²) in [6, 6.07) is 13.6. The van der Waals surface area contributed by atoms with E-state index in [-0.39, 0.29) is 24.2 Å². The molecule has 5 aromatic rings. The van der Waals surface area contributed by atoms with E-state index in [1.54, 1.807) is 48.1 Å². The minimum atomic E-state index is -0.675. The van der Waals surface area contributed by atoms with E-state index >= 15 is 0 Å². The monoisotopic (exact) mass is 654 g/mol. The average Bonchev–Trinajstić information content (AvgIpc) is 3.85. The fraction of sp³-hybridized carbons (Fsp3) is 0.273. The number of aromatic nitrogens is 5. The Balaban J connectivity index is 0.968. The molecule has 7 rings (SSSR count). The molecule has 0 unspecified atom stereocenters. The van der Waals surface area contributed by atoms with Gasteiger partial charge in [-0.15, -0.1) is 23.1 Å². The predicted octanol–water partition coefficient (Wildman–Crippen LogP) is 5.34. The smallest absolute Gasteiger partial charge is 0.241 e. The number of carbonyl (C=O) groups excluding carboxylic acids is 2. The van der Waals surface area contributed by atoms with Gasteiger partial charge in [-0.25, -0.2) is 19.3 Å². The van der Waals surface area contributed by atoms with Gasteiger partial charge < -0.3 is 10.2 Å². The lowest BCUT2D eigenvalue weighted by Crippen LogP contribution is -2.45.